The van der Waals surface area contributed by atoms with Crippen LogP contribution < -0.4 is 5.56 Å². The van der Waals surface area contributed by atoms with Crippen molar-refractivity contribution in [1.82, 2.24) is 19.9 Å². The summed E-state index contributed by atoms with van der Waals surface area (Å²) in [5, 5.41) is 24.4. The number of aryl methyl sites for hydroxylation is 1. The van der Waals surface area contributed by atoms with E-state index in [9.17, 15) is 9.90 Å². The smallest absolute Gasteiger partial charge is 0.296 e. The lowest BCUT2D eigenvalue weighted by Gasteiger charge is -2.08. The molecule has 0 fully saturated rings. The maximum Gasteiger partial charge on any atom is 0.296 e. The number of aromatic hydroxyl groups is 1. The fraction of sp³-hybridized carbons (Fsp3) is 0.0500. The van der Waals surface area contributed by atoms with Crippen molar-refractivity contribution in [2.75, 3.05) is 0 Å². The van der Waals surface area contributed by atoms with Gasteiger partial charge in [-0.25, -0.2) is 0 Å². The number of pyridine rings is 1. The van der Waals surface area contributed by atoms with Crippen LogP contribution in [0.1, 0.15) is 11.3 Å². The van der Waals surface area contributed by atoms with Crippen LogP contribution in [-0.2, 0) is 0 Å². The number of fused-ring (bicyclic) bond motifs is 1. The van der Waals surface area contributed by atoms with E-state index in [0.717, 1.165) is 10.8 Å². The molecule has 7 nitrogen and oxygen atoms in total. The van der Waals surface area contributed by atoms with Gasteiger partial charge in [-0.1, -0.05) is 30.3 Å². The van der Waals surface area contributed by atoms with Crippen molar-refractivity contribution in [3.63, 3.8) is 0 Å². The summed E-state index contributed by atoms with van der Waals surface area (Å²) < 4.78 is 1.18. The fourth-order valence-corrected chi connectivity index (χ4v) is 2.78. The third-order valence-corrected chi connectivity index (χ3v) is 4.19. The van der Waals surface area contributed by atoms with Gasteiger partial charge in [0.25, 0.3) is 5.56 Å². The lowest BCUT2D eigenvalue weighted by molar-refractivity contribution is 0.475. The monoisotopic (exact) mass is 357 g/mol. The first-order valence-corrected chi connectivity index (χ1v) is 8.27. The molecular formula is C20H15N5O2. The molecular weight excluding hydrogens is 342 g/mol. The third kappa shape index (κ3) is 3.06. The molecule has 0 aliphatic carbocycles. The van der Waals surface area contributed by atoms with Crippen LogP contribution in [0.2, 0.25) is 0 Å². The number of benzene rings is 2. The van der Waals surface area contributed by atoms with Crippen LogP contribution in [0.4, 0.5) is 0 Å². The molecule has 2 heterocycles. The quantitative estimate of drug-likeness (QED) is 0.569. The van der Waals surface area contributed by atoms with E-state index in [1.165, 1.54) is 10.9 Å². The lowest BCUT2D eigenvalue weighted by Crippen LogP contribution is -2.24. The van der Waals surface area contributed by atoms with Crippen LogP contribution in [0.15, 0.2) is 70.8 Å². The van der Waals surface area contributed by atoms with Crippen LogP contribution in [0.3, 0.4) is 0 Å². The standard InChI is InChI=1S/C20H15N5O2/c1-13-20(27)25(19(24-23-13)15-8-10-21-11-9-15)22-12-17-16-5-3-2-4-14(16)6-7-18(17)26/h2-12,26H,1H3/b22-12-. The predicted octanol–water partition coefficient (Wildman–Crippen LogP) is 2.75. The Morgan fingerprint density at radius 2 is 1.81 bits per heavy atom. The van der Waals surface area contributed by atoms with Gasteiger partial charge in [0, 0.05) is 23.5 Å². The Balaban J connectivity index is 1.90. The van der Waals surface area contributed by atoms with Crippen molar-refractivity contribution in [3.8, 4) is 17.1 Å². The molecule has 7 heteroatoms. The Labute approximate surface area is 154 Å². The zero-order chi connectivity index (χ0) is 18.8. The van der Waals surface area contributed by atoms with E-state index < -0.39 is 0 Å². The molecule has 0 bridgehead atoms. The molecule has 2 aromatic heterocycles. The van der Waals surface area contributed by atoms with Gasteiger partial charge in [-0.2, -0.15) is 9.78 Å². The summed E-state index contributed by atoms with van der Waals surface area (Å²) in [4.78, 5) is 16.6. The van der Waals surface area contributed by atoms with Gasteiger partial charge in [-0.15, -0.1) is 10.2 Å². The molecule has 0 saturated carbocycles. The second-order valence-electron chi connectivity index (χ2n) is 5.93. The minimum Gasteiger partial charge on any atom is -0.507 e. The van der Waals surface area contributed by atoms with E-state index in [2.05, 4.69) is 20.3 Å². The van der Waals surface area contributed by atoms with E-state index in [0.29, 0.717) is 17.0 Å². The zero-order valence-electron chi connectivity index (χ0n) is 14.4. The van der Waals surface area contributed by atoms with Gasteiger partial charge >= 0.3 is 0 Å². The van der Waals surface area contributed by atoms with Gasteiger partial charge in [0.1, 0.15) is 11.4 Å². The predicted molar refractivity (Wildman–Crippen MR) is 103 cm³/mol. The van der Waals surface area contributed by atoms with Crippen LogP contribution in [-0.4, -0.2) is 31.2 Å². The third-order valence-electron chi connectivity index (χ3n) is 4.19. The molecule has 0 unspecified atom stereocenters. The Hall–Kier alpha value is -3.87. The van der Waals surface area contributed by atoms with Gasteiger partial charge in [-0.3, -0.25) is 9.78 Å². The number of hydrogen-bond donors (Lipinski definition) is 1. The van der Waals surface area contributed by atoms with Gasteiger partial charge < -0.3 is 5.11 Å². The van der Waals surface area contributed by atoms with Crippen molar-refractivity contribution >= 4 is 17.0 Å². The highest BCUT2D eigenvalue weighted by Gasteiger charge is 2.11. The first-order chi connectivity index (χ1) is 13.1. The molecule has 0 aliphatic heterocycles. The van der Waals surface area contributed by atoms with E-state index >= 15 is 0 Å². The highest BCUT2D eigenvalue weighted by molar-refractivity contribution is 6.02. The summed E-state index contributed by atoms with van der Waals surface area (Å²) in [6.45, 7) is 1.58. The number of phenols is 1. The van der Waals surface area contributed by atoms with Crippen LogP contribution in [0, 0.1) is 6.92 Å². The van der Waals surface area contributed by atoms with Crippen molar-refractivity contribution in [2.24, 2.45) is 5.10 Å². The highest BCUT2D eigenvalue weighted by atomic mass is 16.3. The normalized spacial score (nSPS) is 11.3. The highest BCUT2D eigenvalue weighted by Crippen LogP contribution is 2.25. The number of hydrogen-bond acceptors (Lipinski definition) is 6. The van der Waals surface area contributed by atoms with E-state index in [1.54, 1.807) is 37.5 Å². The first kappa shape index (κ1) is 16.6. The SMILES string of the molecule is Cc1nnc(-c2ccncc2)n(/N=C\c2c(O)ccc3ccccc23)c1=O. The fourth-order valence-electron chi connectivity index (χ4n) is 2.78. The van der Waals surface area contributed by atoms with Crippen molar-refractivity contribution < 1.29 is 5.11 Å². The van der Waals surface area contributed by atoms with Crippen molar-refractivity contribution in [1.29, 1.82) is 0 Å². The molecule has 27 heavy (non-hydrogen) atoms. The molecule has 0 aliphatic rings. The van der Waals surface area contributed by atoms with Crippen molar-refractivity contribution in [2.45, 2.75) is 6.92 Å². The summed E-state index contributed by atoms with van der Waals surface area (Å²) in [7, 11) is 0. The second kappa shape index (κ2) is 6.80. The lowest BCUT2D eigenvalue weighted by atomic mass is 10.0. The Morgan fingerprint density at radius 3 is 2.63 bits per heavy atom. The molecule has 1 N–H and O–H groups in total. The first-order valence-electron chi connectivity index (χ1n) is 8.27. The van der Waals surface area contributed by atoms with Crippen LogP contribution >= 0.6 is 0 Å². The molecule has 0 saturated heterocycles. The maximum atomic E-state index is 12.6. The number of rotatable bonds is 3. The number of nitrogens with zero attached hydrogens (tertiary/aromatic N) is 5. The van der Waals surface area contributed by atoms with Crippen LogP contribution in [0.5, 0.6) is 5.75 Å². The largest absolute Gasteiger partial charge is 0.507 e. The maximum absolute atomic E-state index is 12.6. The molecule has 0 spiro atoms. The summed E-state index contributed by atoms with van der Waals surface area (Å²) in [5.74, 6) is 0.374. The molecule has 4 rings (SSSR count). The molecule has 0 amide bonds. The molecule has 4 aromatic rings. The topological polar surface area (TPSA) is 93.3 Å². The minimum absolute atomic E-state index is 0.0784. The van der Waals surface area contributed by atoms with E-state index in [-0.39, 0.29) is 17.0 Å². The number of phenolic OH excluding ortho intramolecular Hbond substituents is 1. The average Bonchev–Trinajstić information content (AvgIpc) is 2.71. The summed E-state index contributed by atoms with van der Waals surface area (Å²) >= 11 is 0. The van der Waals surface area contributed by atoms with Gasteiger partial charge in [0.15, 0.2) is 5.82 Å². The molecule has 132 valence electrons. The van der Waals surface area contributed by atoms with Gasteiger partial charge in [-0.05, 0) is 35.9 Å². The zero-order valence-corrected chi connectivity index (χ0v) is 14.4. The molecule has 2 aromatic carbocycles. The number of aromatic nitrogens is 4. The Kier molecular flexibility index (Phi) is 4.18. The van der Waals surface area contributed by atoms with Gasteiger partial charge in [0.05, 0.1) is 6.21 Å². The summed E-state index contributed by atoms with van der Waals surface area (Å²) in [6.07, 6.45) is 4.67. The molecule has 0 radical (unpaired) electrons. The second-order valence-corrected chi connectivity index (χ2v) is 5.93. The van der Waals surface area contributed by atoms with Gasteiger partial charge in [0.2, 0.25) is 0 Å². The van der Waals surface area contributed by atoms with E-state index in [1.807, 2.05) is 30.3 Å². The van der Waals surface area contributed by atoms with Crippen molar-refractivity contribution in [3.05, 3.63) is 82.5 Å². The summed E-state index contributed by atoms with van der Waals surface area (Å²) in [6, 6.07) is 14.5. The van der Waals surface area contributed by atoms with Crippen LogP contribution in [0.25, 0.3) is 22.2 Å². The summed E-state index contributed by atoms with van der Waals surface area (Å²) in [5.41, 5.74) is 1.03. The average molecular weight is 357 g/mol. The Bertz CT molecular complexity index is 1220. The molecule has 0 atom stereocenters. The van der Waals surface area contributed by atoms with E-state index in [4.69, 9.17) is 0 Å². The minimum atomic E-state index is -0.382. The Morgan fingerprint density at radius 1 is 1.04 bits per heavy atom.